The Balaban J connectivity index is 1.40. The number of hydrogen-bond acceptors (Lipinski definition) is 6. The molecular formula is C30H39N3O5. The van der Waals surface area contributed by atoms with E-state index in [0.29, 0.717) is 24.3 Å². The van der Waals surface area contributed by atoms with Crippen LogP contribution in [0.25, 0.3) is 22.4 Å². The molecule has 1 atom stereocenters. The first-order valence-electron chi connectivity index (χ1n) is 14.0. The molecule has 0 unspecified atom stereocenters. The van der Waals surface area contributed by atoms with Crippen molar-refractivity contribution < 1.29 is 19.4 Å². The first-order chi connectivity index (χ1) is 18.4. The normalized spacial score (nSPS) is 17.8. The number of aliphatic hydroxyl groups is 1. The highest BCUT2D eigenvalue weighted by Gasteiger charge is 2.25. The van der Waals surface area contributed by atoms with Crippen LogP contribution < -0.4 is 5.56 Å². The number of aromatic nitrogens is 3. The van der Waals surface area contributed by atoms with Gasteiger partial charge in [-0.15, -0.1) is 0 Å². The Morgan fingerprint density at radius 3 is 2.66 bits per heavy atom. The largest absolute Gasteiger partial charge is 0.462 e. The second kappa shape index (κ2) is 11.8. The fourth-order valence-corrected chi connectivity index (χ4v) is 5.81. The molecule has 1 saturated heterocycles. The number of nitrogens with zero attached hydrogens (tertiary/aromatic N) is 3. The van der Waals surface area contributed by atoms with E-state index in [-0.39, 0.29) is 24.2 Å². The van der Waals surface area contributed by atoms with Crippen LogP contribution in [0.15, 0.2) is 35.3 Å². The molecule has 8 heteroatoms. The van der Waals surface area contributed by atoms with Gasteiger partial charge in [-0.2, -0.15) is 0 Å². The lowest BCUT2D eigenvalue weighted by atomic mass is 9.99. The third-order valence-corrected chi connectivity index (χ3v) is 8.14. The number of pyridine rings is 1. The summed E-state index contributed by atoms with van der Waals surface area (Å²) in [5.41, 5.74) is 4.63. The Bertz CT molecular complexity index is 1310. The van der Waals surface area contributed by atoms with Crippen molar-refractivity contribution in [3.63, 3.8) is 0 Å². The van der Waals surface area contributed by atoms with Crippen LogP contribution in [0.3, 0.4) is 0 Å². The number of esters is 1. The van der Waals surface area contributed by atoms with Crippen LogP contribution in [0.2, 0.25) is 0 Å². The SMILES string of the molecule is Cc1cc(-c2nc3cc(CC[C@@H](CO)C(=O)OC4CCCC4)ccc3n2CC2CCOCC2)cn(C)c1=O. The highest BCUT2D eigenvalue weighted by molar-refractivity contribution is 5.81. The van der Waals surface area contributed by atoms with Crippen LogP contribution in [0.4, 0.5) is 0 Å². The fourth-order valence-electron chi connectivity index (χ4n) is 5.81. The van der Waals surface area contributed by atoms with Crippen molar-refractivity contribution in [1.29, 1.82) is 0 Å². The maximum Gasteiger partial charge on any atom is 0.311 e. The predicted molar refractivity (Wildman–Crippen MR) is 146 cm³/mol. The smallest absolute Gasteiger partial charge is 0.311 e. The van der Waals surface area contributed by atoms with E-state index in [2.05, 4.69) is 22.8 Å². The molecule has 5 rings (SSSR count). The van der Waals surface area contributed by atoms with Gasteiger partial charge in [0.15, 0.2) is 0 Å². The summed E-state index contributed by atoms with van der Waals surface area (Å²) < 4.78 is 15.1. The molecule has 1 aliphatic heterocycles. The average Bonchev–Trinajstić information content (AvgIpc) is 3.55. The quantitative estimate of drug-likeness (QED) is 0.425. The van der Waals surface area contributed by atoms with Crippen molar-refractivity contribution in [3.8, 4) is 11.4 Å². The van der Waals surface area contributed by atoms with Crippen molar-refractivity contribution in [1.82, 2.24) is 14.1 Å². The van der Waals surface area contributed by atoms with Crippen LogP contribution in [0, 0.1) is 18.8 Å². The molecule has 1 aliphatic carbocycles. The van der Waals surface area contributed by atoms with Crippen LogP contribution >= 0.6 is 0 Å². The summed E-state index contributed by atoms with van der Waals surface area (Å²) in [4.78, 5) is 30.0. The summed E-state index contributed by atoms with van der Waals surface area (Å²) in [6.07, 6.45) is 9.14. The van der Waals surface area contributed by atoms with Crippen LogP contribution in [0.5, 0.6) is 0 Å². The Labute approximate surface area is 223 Å². The van der Waals surface area contributed by atoms with Gasteiger partial charge < -0.3 is 23.7 Å². The van der Waals surface area contributed by atoms with Gasteiger partial charge in [0.2, 0.25) is 0 Å². The minimum Gasteiger partial charge on any atom is -0.462 e. The van der Waals surface area contributed by atoms with Crippen LogP contribution in [0.1, 0.15) is 56.1 Å². The molecule has 1 N–H and O–H groups in total. The lowest BCUT2D eigenvalue weighted by Crippen LogP contribution is -2.25. The molecule has 204 valence electrons. The molecule has 3 aromatic rings. The van der Waals surface area contributed by atoms with Gasteiger partial charge in [0.1, 0.15) is 11.9 Å². The van der Waals surface area contributed by atoms with Crippen LogP contribution in [-0.4, -0.2) is 51.1 Å². The number of imidazole rings is 1. The maximum absolute atomic E-state index is 12.6. The Morgan fingerprint density at radius 1 is 1.18 bits per heavy atom. The summed E-state index contributed by atoms with van der Waals surface area (Å²) in [5.74, 6) is 0.565. The number of aliphatic hydroxyl groups excluding tert-OH is 1. The molecule has 0 bridgehead atoms. The zero-order valence-corrected chi connectivity index (χ0v) is 22.5. The molecule has 3 heterocycles. The Hall–Kier alpha value is -2.97. The Kier molecular flexibility index (Phi) is 8.29. The van der Waals surface area contributed by atoms with Crippen molar-refractivity contribution in [3.05, 3.63) is 51.9 Å². The van der Waals surface area contributed by atoms with Crippen molar-refractivity contribution in [2.75, 3.05) is 19.8 Å². The topological polar surface area (TPSA) is 95.6 Å². The van der Waals surface area contributed by atoms with E-state index in [9.17, 15) is 14.7 Å². The minimum atomic E-state index is -0.512. The molecule has 1 aromatic carbocycles. The van der Waals surface area contributed by atoms with E-state index < -0.39 is 5.92 Å². The van der Waals surface area contributed by atoms with Crippen molar-refractivity contribution in [2.24, 2.45) is 18.9 Å². The van der Waals surface area contributed by atoms with Gasteiger partial charge in [-0.25, -0.2) is 4.98 Å². The molecule has 0 amide bonds. The van der Waals surface area contributed by atoms with E-state index in [1.165, 1.54) is 0 Å². The van der Waals surface area contributed by atoms with Gasteiger partial charge in [-0.05, 0) is 88.0 Å². The van der Waals surface area contributed by atoms with E-state index in [4.69, 9.17) is 14.5 Å². The third-order valence-electron chi connectivity index (χ3n) is 8.14. The number of hydrogen-bond donors (Lipinski definition) is 1. The highest BCUT2D eigenvalue weighted by Crippen LogP contribution is 2.29. The molecule has 38 heavy (non-hydrogen) atoms. The van der Waals surface area contributed by atoms with Crippen molar-refractivity contribution in [2.45, 2.75) is 70.9 Å². The van der Waals surface area contributed by atoms with Gasteiger partial charge in [0, 0.05) is 44.1 Å². The molecule has 1 saturated carbocycles. The summed E-state index contributed by atoms with van der Waals surface area (Å²) in [6, 6.07) is 8.22. The second-order valence-electron chi connectivity index (χ2n) is 11.0. The molecule has 8 nitrogen and oxygen atoms in total. The molecule has 2 aliphatic rings. The van der Waals surface area contributed by atoms with Gasteiger partial charge in [-0.1, -0.05) is 6.07 Å². The lowest BCUT2D eigenvalue weighted by Gasteiger charge is -2.23. The number of carbonyl (C=O) groups excluding carboxylic acids is 1. The summed E-state index contributed by atoms with van der Waals surface area (Å²) >= 11 is 0. The Morgan fingerprint density at radius 2 is 1.95 bits per heavy atom. The number of benzene rings is 1. The molecule has 0 radical (unpaired) electrons. The monoisotopic (exact) mass is 521 g/mol. The number of aryl methyl sites for hydroxylation is 3. The zero-order valence-electron chi connectivity index (χ0n) is 22.5. The molecule has 0 spiro atoms. The zero-order chi connectivity index (χ0) is 26.6. The fraction of sp³-hybridized carbons (Fsp3) is 0.567. The number of rotatable bonds is 9. The first kappa shape index (κ1) is 26.6. The second-order valence-corrected chi connectivity index (χ2v) is 11.0. The lowest BCUT2D eigenvalue weighted by molar-refractivity contribution is -0.155. The highest BCUT2D eigenvalue weighted by atomic mass is 16.5. The summed E-state index contributed by atoms with van der Waals surface area (Å²) in [6.45, 7) is 4.04. The third kappa shape index (κ3) is 5.86. The maximum atomic E-state index is 12.6. The van der Waals surface area contributed by atoms with Crippen LogP contribution in [-0.2, 0) is 34.3 Å². The first-order valence-corrected chi connectivity index (χ1v) is 14.0. The standard InChI is InChI=1S/C30H39N3O5/c1-20-15-24(18-32(2)29(20)35)28-31-26-16-21(7-9-23(19-34)30(36)38-25-5-3-4-6-25)8-10-27(26)33(28)17-22-11-13-37-14-12-22/h8,10,15-16,18,22-23,25,34H,3-7,9,11-14,17,19H2,1-2H3/t23-/m0/s1. The van der Waals surface area contributed by atoms with Crippen molar-refractivity contribution >= 4 is 17.0 Å². The molecule has 2 aromatic heterocycles. The molecular weight excluding hydrogens is 482 g/mol. The van der Waals surface area contributed by atoms with E-state index in [0.717, 1.165) is 86.3 Å². The van der Waals surface area contributed by atoms with Gasteiger partial charge in [0.05, 0.1) is 23.6 Å². The van der Waals surface area contributed by atoms with Gasteiger partial charge in [-0.3, -0.25) is 9.59 Å². The predicted octanol–water partition coefficient (Wildman–Crippen LogP) is 4.16. The van der Waals surface area contributed by atoms with Gasteiger partial charge in [0.25, 0.3) is 5.56 Å². The number of carbonyl (C=O) groups is 1. The van der Waals surface area contributed by atoms with E-state index in [1.807, 2.05) is 19.2 Å². The average molecular weight is 522 g/mol. The number of fused-ring (bicyclic) bond motifs is 1. The van der Waals surface area contributed by atoms with E-state index in [1.54, 1.807) is 11.6 Å². The molecule has 2 fully saturated rings. The summed E-state index contributed by atoms with van der Waals surface area (Å²) in [7, 11) is 1.78. The minimum absolute atomic E-state index is 0.00646. The summed E-state index contributed by atoms with van der Waals surface area (Å²) in [5, 5.41) is 9.86. The van der Waals surface area contributed by atoms with Gasteiger partial charge >= 0.3 is 5.97 Å². The number of ether oxygens (including phenoxy) is 2. The van der Waals surface area contributed by atoms with E-state index >= 15 is 0 Å².